The van der Waals surface area contributed by atoms with Crippen LogP contribution in [0.3, 0.4) is 0 Å². The summed E-state index contributed by atoms with van der Waals surface area (Å²) < 4.78 is 13.1. The third-order valence-electron chi connectivity index (χ3n) is 5.63. The number of non-ortho nitro benzene ring substituents is 1. The van der Waals surface area contributed by atoms with Crippen molar-refractivity contribution in [3.05, 3.63) is 70.5 Å². The Morgan fingerprint density at radius 2 is 1.88 bits per heavy atom. The summed E-state index contributed by atoms with van der Waals surface area (Å²) in [5.41, 5.74) is 2.13. The number of hydrogen-bond acceptors (Lipinski definition) is 6. The van der Waals surface area contributed by atoms with Gasteiger partial charge in [0.1, 0.15) is 5.82 Å². The molecule has 0 bridgehead atoms. The van der Waals surface area contributed by atoms with Crippen molar-refractivity contribution >= 4 is 23.1 Å². The summed E-state index contributed by atoms with van der Waals surface area (Å²) in [5, 5.41) is 20.7. The highest BCUT2D eigenvalue weighted by atomic mass is 19.1. The van der Waals surface area contributed by atoms with E-state index < -0.39 is 4.92 Å². The summed E-state index contributed by atoms with van der Waals surface area (Å²) in [6, 6.07) is 13.9. The van der Waals surface area contributed by atoms with Crippen LogP contribution in [0.4, 0.5) is 21.6 Å². The zero-order valence-corrected chi connectivity index (χ0v) is 17.5. The first-order chi connectivity index (χ1) is 15.4. The third-order valence-corrected chi connectivity index (χ3v) is 5.63. The second kappa shape index (κ2) is 9.15. The molecule has 1 unspecified atom stereocenters. The van der Waals surface area contributed by atoms with Crippen molar-refractivity contribution in [2.75, 3.05) is 36.4 Å². The molecular weight excluding hydrogens is 415 g/mol. The lowest BCUT2D eigenvalue weighted by atomic mass is 10.1. The second-order valence-electron chi connectivity index (χ2n) is 7.64. The van der Waals surface area contributed by atoms with Gasteiger partial charge in [0.15, 0.2) is 5.82 Å². The van der Waals surface area contributed by atoms with E-state index in [1.807, 2.05) is 6.92 Å². The Morgan fingerprint density at radius 1 is 1.16 bits per heavy atom. The molecule has 32 heavy (non-hydrogen) atoms. The fourth-order valence-electron chi connectivity index (χ4n) is 3.74. The maximum absolute atomic E-state index is 13.1. The summed E-state index contributed by atoms with van der Waals surface area (Å²) in [7, 11) is 0. The van der Waals surface area contributed by atoms with Crippen LogP contribution in [0.1, 0.15) is 6.92 Å². The maximum Gasteiger partial charge on any atom is 0.270 e. The summed E-state index contributed by atoms with van der Waals surface area (Å²) in [6.07, 6.45) is 0. The average Bonchev–Trinajstić information content (AvgIpc) is 3.28. The lowest BCUT2D eigenvalue weighted by Crippen LogP contribution is -2.52. The Morgan fingerprint density at radius 3 is 2.56 bits per heavy atom. The first-order valence-electron chi connectivity index (χ1n) is 10.3. The minimum atomic E-state index is -0.458. The highest BCUT2D eigenvalue weighted by Gasteiger charge is 2.26. The molecule has 1 aromatic heterocycles. The molecule has 1 aliphatic rings. The van der Waals surface area contributed by atoms with Crippen LogP contribution >= 0.6 is 0 Å². The van der Waals surface area contributed by atoms with Crippen molar-refractivity contribution in [3.8, 4) is 11.3 Å². The molecule has 0 saturated carbocycles. The summed E-state index contributed by atoms with van der Waals surface area (Å²) in [4.78, 5) is 27.5. The molecule has 2 heterocycles. The Hall–Kier alpha value is -3.79. The van der Waals surface area contributed by atoms with Crippen LogP contribution in [0, 0.1) is 15.9 Å². The molecule has 3 aromatic rings. The predicted molar refractivity (Wildman–Crippen MR) is 119 cm³/mol. The largest absolute Gasteiger partial charge is 0.369 e. The number of halogens is 1. The second-order valence-corrected chi connectivity index (χ2v) is 7.64. The van der Waals surface area contributed by atoms with Crippen LogP contribution < -0.4 is 10.2 Å². The number of piperazine rings is 1. The number of nitro benzene ring substituents is 1. The molecule has 1 saturated heterocycles. The van der Waals surface area contributed by atoms with Crippen LogP contribution in [0.2, 0.25) is 0 Å². The van der Waals surface area contributed by atoms with Crippen molar-refractivity contribution in [1.82, 2.24) is 15.1 Å². The number of nitrogens with zero attached hydrogens (tertiary/aromatic N) is 4. The summed E-state index contributed by atoms with van der Waals surface area (Å²) >= 11 is 0. The van der Waals surface area contributed by atoms with Crippen molar-refractivity contribution in [1.29, 1.82) is 0 Å². The van der Waals surface area contributed by atoms with Crippen LogP contribution in [-0.4, -0.2) is 58.1 Å². The normalized spacial score (nSPS) is 15.4. The zero-order chi connectivity index (χ0) is 22.7. The number of hydrogen-bond donors (Lipinski definition) is 2. The van der Waals surface area contributed by atoms with E-state index in [2.05, 4.69) is 25.3 Å². The number of carbonyl (C=O) groups excluding carboxylic acids is 1. The highest BCUT2D eigenvalue weighted by molar-refractivity contribution is 5.94. The maximum atomic E-state index is 13.1. The van der Waals surface area contributed by atoms with Crippen molar-refractivity contribution in [3.63, 3.8) is 0 Å². The number of benzene rings is 2. The standard InChI is InChI=1S/C22H23FN6O3/c1-15(27-9-11-28(12-10-27)18-7-5-17(23)6-8-18)22(30)24-21-14-20(25-26-21)16-3-2-4-19(13-16)29(31)32/h2-8,13-15H,9-12H2,1H3,(H2,24,25,26,30). The number of amides is 1. The molecule has 166 valence electrons. The monoisotopic (exact) mass is 438 g/mol. The molecule has 0 aliphatic carbocycles. The molecule has 0 spiro atoms. The van der Waals surface area contributed by atoms with E-state index in [0.717, 1.165) is 18.8 Å². The van der Waals surface area contributed by atoms with Crippen LogP contribution in [-0.2, 0) is 4.79 Å². The van der Waals surface area contributed by atoms with Crippen LogP contribution in [0.25, 0.3) is 11.3 Å². The first kappa shape index (κ1) is 21.4. The van der Waals surface area contributed by atoms with Gasteiger partial charge in [0.05, 0.1) is 16.7 Å². The topological polar surface area (TPSA) is 107 Å². The van der Waals surface area contributed by atoms with Crippen LogP contribution in [0.5, 0.6) is 0 Å². The van der Waals surface area contributed by atoms with E-state index >= 15 is 0 Å². The van der Waals surface area contributed by atoms with E-state index in [1.165, 1.54) is 24.3 Å². The number of aromatic amines is 1. The Kier molecular flexibility index (Phi) is 6.13. The quantitative estimate of drug-likeness (QED) is 0.452. The minimum absolute atomic E-state index is 0.0175. The van der Waals surface area contributed by atoms with Gasteiger partial charge in [-0.15, -0.1) is 0 Å². The van der Waals surface area contributed by atoms with Gasteiger partial charge in [-0.25, -0.2) is 4.39 Å². The fourth-order valence-corrected chi connectivity index (χ4v) is 3.74. The Bertz CT molecular complexity index is 1110. The first-order valence-corrected chi connectivity index (χ1v) is 10.3. The van der Waals surface area contributed by atoms with Crippen molar-refractivity contribution < 1.29 is 14.1 Å². The van der Waals surface area contributed by atoms with Crippen molar-refractivity contribution in [2.45, 2.75) is 13.0 Å². The van der Waals surface area contributed by atoms with Gasteiger partial charge in [-0.1, -0.05) is 12.1 Å². The highest BCUT2D eigenvalue weighted by Crippen LogP contribution is 2.24. The number of H-pyrrole nitrogens is 1. The number of nitro groups is 1. The number of anilines is 2. The van der Waals surface area contributed by atoms with Gasteiger partial charge in [-0.3, -0.25) is 24.9 Å². The lowest BCUT2D eigenvalue weighted by molar-refractivity contribution is -0.384. The third kappa shape index (κ3) is 4.75. The number of nitrogens with one attached hydrogen (secondary N) is 2. The van der Waals surface area contributed by atoms with E-state index in [0.29, 0.717) is 30.2 Å². The predicted octanol–water partition coefficient (Wildman–Crippen LogP) is 3.27. The van der Waals surface area contributed by atoms with Crippen molar-refractivity contribution in [2.24, 2.45) is 0 Å². The molecule has 2 N–H and O–H groups in total. The molecule has 1 aliphatic heterocycles. The van der Waals surface area contributed by atoms with Gasteiger partial charge in [-0.05, 0) is 31.2 Å². The molecule has 1 fully saturated rings. The molecule has 1 amide bonds. The van der Waals surface area contributed by atoms with E-state index in [4.69, 9.17) is 0 Å². The number of rotatable bonds is 6. The van der Waals surface area contributed by atoms with E-state index in [-0.39, 0.29) is 23.5 Å². The molecular formula is C22H23FN6O3. The van der Waals surface area contributed by atoms with E-state index in [9.17, 15) is 19.3 Å². The van der Waals surface area contributed by atoms with Gasteiger partial charge < -0.3 is 10.2 Å². The SMILES string of the molecule is CC(C(=O)Nc1cc(-c2cccc([N+](=O)[O-])c2)[nH]n1)N1CCN(c2ccc(F)cc2)CC1. The minimum Gasteiger partial charge on any atom is -0.369 e. The molecule has 1 atom stereocenters. The molecule has 4 rings (SSSR count). The Balaban J connectivity index is 1.34. The molecule has 0 radical (unpaired) electrons. The van der Waals surface area contributed by atoms with Gasteiger partial charge in [0.25, 0.3) is 5.69 Å². The lowest BCUT2D eigenvalue weighted by Gasteiger charge is -2.38. The van der Waals surface area contributed by atoms with Gasteiger partial charge in [0, 0.05) is 55.6 Å². The zero-order valence-electron chi connectivity index (χ0n) is 17.5. The average molecular weight is 438 g/mol. The van der Waals surface area contributed by atoms with Gasteiger partial charge >= 0.3 is 0 Å². The number of aromatic nitrogens is 2. The molecule has 2 aromatic carbocycles. The van der Waals surface area contributed by atoms with E-state index in [1.54, 1.807) is 30.3 Å². The van der Waals surface area contributed by atoms with Crippen LogP contribution in [0.15, 0.2) is 54.6 Å². The van der Waals surface area contributed by atoms with Gasteiger partial charge in [0.2, 0.25) is 5.91 Å². The number of carbonyl (C=O) groups is 1. The summed E-state index contributed by atoms with van der Waals surface area (Å²) in [5.74, 6) is -0.0877. The molecule has 9 nitrogen and oxygen atoms in total. The van der Waals surface area contributed by atoms with Gasteiger partial charge in [-0.2, -0.15) is 5.10 Å². The smallest absolute Gasteiger partial charge is 0.270 e. The molecule has 10 heteroatoms. The summed E-state index contributed by atoms with van der Waals surface area (Å²) in [6.45, 7) is 4.72. The fraction of sp³-hybridized carbons (Fsp3) is 0.273. The Labute approximate surface area is 184 Å².